The number of nitrogens with zero attached hydrogens (tertiary/aromatic N) is 5. The average molecular weight is 426 g/mol. The lowest BCUT2D eigenvalue weighted by atomic mass is 10.0. The van der Waals surface area contributed by atoms with Gasteiger partial charge in [-0.25, -0.2) is 9.78 Å². The van der Waals surface area contributed by atoms with Crippen LogP contribution in [0.2, 0.25) is 0 Å². The molecule has 0 spiro atoms. The summed E-state index contributed by atoms with van der Waals surface area (Å²) in [5.41, 5.74) is 1.28. The van der Waals surface area contributed by atoms with Crippen LogP contribution in [0.3, 0.4) is 0 Å². The van der Waals surface area contributed by atoms with E-state index in [2.05, 4.69) is 29.3 Å². The highest BCUT2D eigenvalue weighted by Gasteiger charge is 2.24. The van der Waals surface area contributed by atoms with Gasteiger partial charge in [0.25, 0.3) is 0 Å². The topological polar surface area (TPSA) is 85.6 Å². The molecule has 1 amide bonds. The molecular weight excluding hydrogens is 402 g/mol. The van der Waals surface area contributed by atoms with Gasteiger partial charge in [0.15, 0.2) is 11.4 Å². The van der Waals surface area contributed by atoms with Crippen molar-refractivity contribution in [3.8, 4) is 11.6 Å². The molecule has 0 N–H and O–H groups in total. The fraction of sp³-hybridized carbons (Fsp3) is 0.429. The Morgan fingerprint density at radius 2 is 2.10 bits per heavy atom. The number of thiophene rings is 1. The molecule has 0 saturated carbocycles. The number of carbonyl (C=O) groups is 1. The van der Waals surface area contributed by atoms with Crippen molar-refractivity contribution in [2.45, 2.75) is 39.7 Å². The summed E-state index contributed by atoms with van der Waals surface area (Å²) >= 11 is 1.49. The van der Waals surface area contributed by atoms with E-state index < -0.39 is 0 Å². The molecule has 5 rings (SSSR count). The van der Waals surface area contributed by atoms with Gasteiger partial charge in [-0.1, -0.05) is 13.8 Å². The first-order valence-electron chi connectivity index (χ1n) is 10.2. The van der Waals surface area contributed by atoms with Crippen molar-refractivity contribution in [1.29, 1.82) is 0 Å². The van der Waals surface area contributed by atoms with Crippen LogP contribution in [0.4, 0.5) is 0 Å². The normalized spacial score (nSPS) is 14.6. The lowest BCUT2D eigenvalue weighted by Crippen LogP contribution is -2.36. The van der Waals surface area contributed by atoms with Crippen LogP contribution in [-0.4, -0.2) is 43.1 Å². The van der Waals surface area contributed by atoms with Gasteiger partial charge in [-0.2, -0.15) is 4.52 Å². The third kappa shape index (κ3) is 3.13. The predicted molar refractivity (Wildman–Crippen MR) is 115 cm³/mol. The minimum Gasteiger partial charge on any atom is -0.461 e. The van der Waals surface area contributed by atoms with E-state index in [-0.39, 0.29) is 18.1 Å². The molecule has 30 heavy (non-hydrogen) atoms. The summed E-state index contributed by atoms with van der Waals surface area (Å²) in [5, 5.41) is 7.40. The van der Waals surface area contributed by atoms with Gasteiger partial charge in [0, 0.05) is 13.1 Å². The lowest BCUT2D eigenvalue weighted by Gasteiger charge is -2.16. The van der Waals surface area contributed by atoms with Crippen molar-refractivity contribution in [3.05, 3.63) is 39.8 Å². The first kappa shape index (κ1) is 19.0. The highest BCUT2D eigenvalue weighted by atomic mass is 32.1. The Hall–Kier alpha value is -2.94. The summed E-state index contributed by atoms with van der Waals surface area (Å²) in [4.78, 5) is 33.4. The van der Waals surface area contributed by atoms with E-state index in [1.807, 2.05) is 4.90 Å². The Morgan fingerprint density at radius 1 is 1.30 bits per heavy atom. The molecule has 0 aromatic carbocycles. The molecule has 4 aromatic rings. The molecule has 4 aromatic heterocycles. The van der Waals surface area contributed by atoms with Crippen molar-refractivity contribution in [3.63, 3.8) is 0 Å². The maximum atomic E-state index is 13.3. The second-order valence-electron chi connectivity index (χ2n) is 8.14. The van der Waals surface area contributed by atoms with E-state index in [4.69, 9.17) is 4.42 Å². The molecule has 8 nitrogen and oxygen atoms in total. The van der Waals surface area contributed by atoms with E-state index in [1.54, 1.807) is 23.0 Å². The molecule has 9 heteroatoms. The van der Waals surface area contributed by atoms with Crippen LogP contribution in [0.15, 0.2) is 33.0 Å². The van der Waals surface area contributed by atoms with Gasteiger partial charge in [-0.05, 0) is 48.3 Å². The number of hydrogen-bond acceptors (Lipinski definition) is 6. The van der Waals surface area contributed by atoms with Crippen LogP contribution >= 0.6 is 11.3 Å². The summed E-state index contributed by atoms with van der Waals surface area (Å²) in [6.07, 6.45) is 4.44. The van der Waals surface area contributed by atoms with Crippen LogP contribution in [0.5, 0.6) is 0 Å². The fourth-order valence-corrected chi connectivity index (χ4v) is 5.15. The Labute approximate surface area is 176 Å². The number of likely N-dealkylation sites (tertiary alicyclic amines) is 1. The molecule has 1 fully saturated rings. The Kier molecular flexibility index (Phi) is 4.69. The van der Waals surface area contributed by atoms with Crippen molar-refractivity contribution in [2.75, 3.05) is 13.1 Å². The van der Waals surface area contributed by atoms with Gasteiger partial charge in [0.1, 0.15) is 11.4 Å². The van der Waals surface area contributed by atoms with Crippen LogP contribution in [0, 0.1) is 5.92 Å². The molecule has 0 radical (unpaired) electrons. The van der Waals surface area contributed by atoms with Crippen LogP contribution in [0.25, 0.3) is 27.4 Å². The molecule has 5 heterocycles. The summed E-state index contributed by atoms with van der Waals surface area (Å²) < 4.78 is 8.30. The Morgan fingerprint density at radius 3 is 2.80 bits per heavy atom. The highest BCUT2D eigenvalue weighted by Crippen LogP contribution is 2.31. The highest BCUT2D eigenvalue weighted by molar-refractivity contribution is 7.17. The summed E-state index contributed by atoms with van der Waals surface area (Å²) in [7, 11) is 0. The number of furan rings is 1. The number of fused-ring (bicyclic) bond motifs is 3. The minimum absolute atomic E-state index is 0.0167. The third-order valence-electron chi connectivity index (χ3n) is 5.46. The number of carbonyl (C=O) groups excluding carboxylic acids is 1. The molecule has 1 aliphatic heterocycles. The van der Waals surface area contributed by atoms with E-state index in [1.165, 1.54) is 15.9 Å². The smallest absolute Gasteiger partial charge is 0.352 e. The Balaban J connectivity index is 1.72. The second-order valence-corrected chi connectivity index (χ2v) is 9.00. The maximum Gasteiger partial charge on any atom is 0.352 e. The lowest BCUT2D eigenvalue weighted by molar-refractivity contribution is -0.130. The quantitative estimate of drug-likeness (QED) is 0.490. The predicted octanol–water partition coefficient (Wildman–Crippen LogP) is 3.19. The van der Waals surface area contributed by atoms with E-state index in [0.29, 0.717) is 23.1 Å². The van der Waals surface area contributed by atoms with Crippen molar-refractivity contribution < 1.29 is 9.21 Å². The maximum absolute atomic E-state index is 13.3. The SMILES string of the molecule is CC(C)Cc1csc2c1c1nc(-c3ccco3)nn1c(=O)n2CC(=O)N1CCCC1. The second kappa shape index (κ2) is 7.39. The van der Waals surface area contributed by atoms with Gasteiger partial charge in [0.05, 0.1) is 11.6 Å². The summed E-state index contributed by atoms with van der Waals surface area (Å²) in [6.45, 7) is 5.85. The van der Waals surface area contributed by atoms with Crippen LogP contribution < -0.4 is 5.69 Å². The minimum atomic E-state index is -0.353. The van der Waals surface area contributed by atoms with Crippen LogP contribution in [-0.2, 0) is 17.8 Å². The van der Waals surface area contributed by atoms with Crippen LogP contribution in [0.1, 0.15) is 32.3 Å². The number of aromatic nitrogens is 4. The van der Waals surface area contributed by atoms with Gasteiger partial charge in [0.2, 0.25) is 11.7 Å². The van der Waals surface area contributed by atoms with Crippen molar-refractivity contribution in [2.24, 2.45) is 5.92 Å². The number of rotatable bonds is 5. The molecule has 1 saturated heterocycles. The summed E-state index contributed by atoms with van der Waals surface area (Å²) in [6, 6.07) is 3.53. The van der Waals surface area contributed by atoms with Crippen molar-refractivity contribution in [1.82, 2.24) is 24.1 Å². The first-order chi connectivity index (χ1) is 14.5. The average Bonchev–Trinajstić information content (AvgIpc) is 3.50. The summed E-state index contributed by atoms with van der Waals surface area (Å²) in [5.74, 6) is 1.29. The molecular formula is C21H23N5O3S. The number of amides is 1. The zero-order valence-corrected chi connectivity index (χ0v) is 17.8. The zero-order valence-electron chi connectivity index (χ0n) is 17.0. The monoisotopic (exact) mass is 425 g/mol. The van der Waals surface area contributed by atoms with E-state index in [0.717, 1.165) is 48.1 Å². The van der Waals surface area contributed by atoms with Gasteiger partial charge in [-0.3, -0.25) is 9.36 Å². The third-order valence-corrected chi connectivity index (χ3v) is 6.51. The van der Waals surface area contributed by atoms with Gasteiger partial charge in [-0.15, -0.1) is 16.4 Å². The van der Waals surface area contributed by atoms with Crippen molar-refractivity contribution >= 4 is 33.1 Å². The Bertz CT molecular complexity index is 1280. The van der Waals surface area contributed by atoms with Gasteiger partial charge < -0.3 is 9.32 Å². The molecule has 0 atom stereocenters. The molecule has 0 aliphatic carbocycles. The molecule has 0 unspecified atom stereocenters. The molecule has 156 valence electrons. The first-order valence-corrected chi connectivity index (χ1v) is 11.1. The zero-order chi connectivity index (χ0) is 20.8. The largest absolute Gasteiger partial charge is 0.461 e. The number of hydrogen-bond donors (Lipinski definition) is 0. The van der Waals surface area contributed by atoms with Gasteiger partial charge >= 0.3 is 5.69 Å². The fourth-order valence-electron chi connectivity index (χ4n) is 4.07. The standard InChI is InChI=1S/C21H23N5O3S/c1-13(2)10-14-12-30-20-17(14)19-22-18(15-6-5-9-29-15)23-26(19)21(28)25(20)11-16(27)24-7-3-4-8-24/h5-6,9,12-13H,3-4,7-8,10-11H2,1-2H3. The van der Waals surface area contributed by atoms with E-state index in [9.17, 15) is 9.59 Å². The molecule has 1 aliphatic rings. The molecule has 0 bridgehead atoms. The van der Waals surface area contributed by atoms with E-state index >= 15 is 0 Å².